The number of aromatic nitrogens is 4. The van der Waals surface area contributed by atoms with Crippen molar-refractivity contribution in [3.8, 4) is 0 Å². The Balaban J connectivity index is 1.72. The first-order valence-corrected chi connectivity index (χ1v) is 8.05. The van der Waals surface area contributed by atoms with Gasteiger partial charge in [-0.3, -0.25) is 10.3 Å². The van der Waals surface area contributed by atoms with Crippen LogP contribution in [0.4, 0.5) is 9.93 Å². The molecule has 2 heterocycles. The summed E-state index contributed by atoms with van der Waals surface area (Å²) in [7, 11) is 0. The largest absolute Gasteiger partial charge is 0.450 e. The predicted octanol–water partition coefficient (Wildman–Crippen LogP) is 3.20. The first-order chi connectivity index (χ1) is 10.7. The van der Waals surface area contributed by atoms with E-state index >= 15 is 0 Å². The number of carbonyl (C=O) groups is 1. The first-order valence-electron chi connectivity index (χ1n) is 6.41. The van der Waals surface area contributed by atoms with Gasteiger partial charge in [0.05, 0.1) is 23.8 Å². The number of anilines is 1. The van der Waals surface area contributed by atoms with Gasteiger partial charge < -0.3 is 4.74 Å². The third-order valence-electron chi connectivity index (χ3n) is 2.51. The Kier molecular flexibility index (Phi) is 4.45. The average Bonchev–Trinajstić information content (AvgIpc) is 2.94. The zero-order valence-corrected chi connectivity index (χ0v) is 13.1. The number of nitrogens with one attached hydrogen (secondary N) is 1. The van der Waals surface area contributed by atoms with Crippen molar-refractivity contribution in [2.24, 2.45) is 0 Å². The highest BCUT2D eigenvalue weighted by molar-refractivity contribution is 8.01. The number of hydrogen-bond donors (Lipinski definition) is 1. The highest BCUT2D eigenvalue weighted by Gasteiger charge is 2.10. The van der Waals surface area contributed by atoms with Crippen molar-refractivity contribution in [3.05, 3.63) is 30.5 Å². The molecule has 3 aromatic rings. The molecule has 9 heteroatoms. The van der Waals surface area contributed by atoms with Crippen molar-refractivity contribution < 1.29 is 9.53 Å². The molecule has 1 amide bonds. The van der Waals surface area contributed by atoms with Crippen LogP contribution in [0.2, 0.25) is 0 Å². The lowest BCUT2D eigenvalue weighted by atomic mass is 10.3. The maximum Gasteiger partial charge on any atom is 0.413 e. The van der Waals surface area contributed by atoms with E-state index in [1.807, 2.05) is 24.3 Å². The predicted molar refractivity (Wildman–Crippen MR) is 84.2 cm³/mol. The molecule has 1 aromatic carbocycles. The zero-order valence-electron chi connectivity index (χ0n) is 11.5. The molecule has 0 aliphatic rings. The number of ether oxygens (including phenoxy) is 1. The van der Waals surface area contributed by atoms with Crippen LogP contribution in [0.5, 0.6) is 0 Å². The number of hydrogen-bond acceptors (Lipinski definition) is 8. The van der Waals surface area contributed by atoms with Gasteiger partial charge in [0.2, 0.25) is 5.13 Å². The lowest BCUT2D eigenvalue weighted by molar-refractivity contribution is 0.168. The van der Waals surface area contributed by atoms with E-state index in [4.69, 9.17) is 4.74 Å². The summed E-state index contributed by atoms with van der Waals surface area (Å²) in [5.41, 5.74) is 1.66. The third-order valence-corrected chi connectivity index (χ3v) is 4.30. The minimum absolute atomic E-state index is 0.304. The lowest BCUT2D eigenvalue weighted by Crippen LogP contribution is -2.12. The Hall–Kier alpha value is -2.26. The topological polar surface area (TPSA) is 89.9 Å². The molecule has 0 radical (unpaired) electrons. The summed E-state index contributed by atoms with van der Waals surface area (Å²) in [5.74, 6) is 0. The minimum Gasteiger partial charge on any atom is -0.450 e. The third kappa shape index (κ3) is 3.49. The Bertz CT molecular complexity index is 808. The fourth-order valence-corrected chi connectivity index (χ4v) is 3.27. The molecular weight excluding hydrogens is 322 g/mol. The molecule has 0 bridgehead atoms. The minimum atomic E-state index is -0.541. The molecule has 0 atom stereocenters. The molecule has 0 saturated carbocycles. The van der Waals surface area contributed by atoms with Crippen molar-refractivity contribution in [1.29, 1.82) is 0 Å². The van der Waals surface area contributed by atoms with Crippen molar-refractivity contribution in [2.75, 3.05) is 11.9 Å². The zero-order chi connectivity index (χ0) is 15.4. The van der Waals surface area contributed by atoms with Crippen LogP contribution >= 0.6 is 23.1 Å². The molecule has 7 nitrogen and oxygen atoms in total. The number of amides is 1. The van der Waals surface area contributed by atoms with Crippen LogP contribution in [-0.2, 0) is 4.74 Å². The fraction of sp³-hybridized carbons (Fsp3) is 0.154. The standard InChI is InChI=1S/C13H11N5O2S2/c1-2-20-12(19)16-11-17-18-13(22-11)21-10-7-14-8-5-3-4-6-9(8)15-10/h3-7H,2H2,1H3,(H,16,17,19). The molecule has 0 saturated heterocycles. The summed E-state index contributed by atoms with van der Waals surface area (Å²) < 4.78 is 5.44. The summed E-state index contributed by atoms with van der Waals surface area (Å²) in [5, 5.41) is 11.5. The molecule has 22 heavy (non-hydrogen) atoms. The van der Waals surface area contributed by atoms with Crippen LogP contribution in [0.3, 0.4) is 0 Å². The van der Waals surface area contributed by atoms with Gasteiger partial charge in [-0.15, -0.1) is 10.2 Å². The van der Waals surface area contributed by atoms with Crippen molar-refractivity contribution in [1.82, 2.24) is 20.2 Å². The maximum absolute atomic E-state index is 11.3. The summed E-state index contributed by atoms with van der Waals surface area (Å²) in [6.07, 6.45) is 1.15. The van der Waals surface area contributed by atoms with Crippen LogP contribution in [0.25, 0.3) is 11.0 Å². The number of rotatable bonds is 4. The van der Waals surface area contributed by atoms with Gasteiger partial charge in [0.15, 0.2) is 4.34 Å². The fourth-order valence-electron chi connectivity index (χ4n) is 1.63. The second-order valence-corrected chi connectivity index (χ2v) is 6.26. The molecule has 2 aromatic heterocycles. The van der Waals surface area contributed by atoms with Gasteiger partial charge >= 0.3 is 6.09 Å². The van der Waals surface area contributed by atoms with Gasteiger partial charge in [0, 0.05) is 0 Å². The van der Waals surface area contributed by atoms with Gasteiger partial charge in [-0.2, -0.15) is 0 Å². The lowest BCUT2D eigenvalue weighted by Gasteiger charge is -2.00. The Morgan fingerprint density at radius 1 is 1.32 bits per heavy atom. The van der Waals surface area contributed by atoms with E-state index in [9.17, 15) is 4.79 Å². The number of benzene rings is 1. The van der Waals surface area contributed by atoms with Gasteiger partial charge in [-0.1, -0.05) is 23.5 Å². The molecule has 3 rings (SSSR count). The van der Waals surface area contributed by atoms with E-state index < -0.39 is 6.09 Å². The Labute approximate surface area is 134 Å². The van der Waals surface area contributed by atoms with E-state index in [1.54, 1.807) is 13.1 Å². The molecule has 0 aliphatic carbocycles. The van der Waals surface area contributed by atoms with E-state index in [1.165, 1.54) is 23.1 Å². The molecule has 0 fully saturated rings. The second kappa shape index (κ2) is 6.67. The smallest absolute Gasteiger partial charge is 0.413 e. The van der Waals surface area contributed by atoms with E-state index in [-0.39, 0.29) is 0 Å². The van der Waals surface area contributed by atoms with Gasteiger partial charge in [0.25, 0.3) is 0 Å². The van der Waals surface area contributed by atoms with Crippen LogP contribution in [0, 0.1) is 0 Å². The molecule has 0 spiro atoms. The SMILES string of the molecule is CCOC(=O)Nc1nnc(Sc2cnc3ccccc3n2)s1. The summed E-state index contributed by atoms with van der Waals surface area (Å²) in [4.78, 5) is 20.1. The van der Waals surface area contributed by atoms with Crippen LogP contribution in [0.15, 0.2) is 39.8 Å². The Morgan fingerprint density at radius 3 is 2.95 bits per heavy atom. The normalized spacial score (nSPS) is 10.6. The van der Waals surface area contributed by atoms with Crippen LogP contribution < -0.4 is 5.32 Å². The van der Waals surface area contributed by atoms with Crippen molar-refractivity contribution >= 4 is 45.4 Å². The van der Waals surface area contributed by atoms with Crippen LogP contribution in [0.1, 0.15) is 6.92 Å². The molecule has 1 N–H and O–H groups in total. The second-order valence-electron chi connectivity index (χ2n) is 4.02. The number of para-hydroxylation sites is 2. The Morgan fingerprint density at radius 2 is 2.14 bits per heavy atom. The van der Waals surface area contributed by atoms with Gasteiger partial charge in [0.1, 0.15) is 5.03 Å². The molecule has 112 valence electrons. The highest BCUT2D eigenvalue weighted by atomic mass is 32.2. The summed E-state index contributed by atoms with van der Waals surface area (Å²) in [6, 6.07) is 7.64. The maximum atomic E-state index is 11.3. The van der Waals surface area contributed by atoms with Gasteiger partial charge in [-0.25, -0.2) is 9.78 Å². The molecular formula is C13H11N5O2S2. The molecule has 0 unspecified atom stereocenters. The quantitative estimate of drug-likeness (QED) is 0.733. The molecule has 0 aliphatic heterocycles. The van der Waals surface area contributed by atoms with E-state index in [0.717, 1.165) is 16.1 Å². The van der Waals surface area contributed by atoms with Crippen molar-refractivity contribution in [3.63, 3.8) is 0 Å². The monoisotopic (exact) mass is 333 g/mol. The number of carbonyl (C=O) groups excluding carboxylic acids is 1. The van der Waals surface area contributed by atoms with Crippen molar-refractivity contribution in [2.45, 2.75) is 16.3 Å². The first kappa shape index (κ1) is 14.7. The van der Waals surface area contributed by atoms with Gasteiger partial charge in [-0.05, 0) is 30.8 Å². The van der Waals surface area contributed by atoms with Crippen LogP contribution in [-0.4, -0.2) is 32.9 Å². The summed E-state index contributed by atoms with van der Waals surface area (Å²) in [6.45, 7) is 2.04. The van der Waals surface area contributed by atoms with E-state index in [0.29, 0.717) is 16.1 Å². The van der Waals surface area contributed by atoms with E-state index in [2.05, 4.69) is 25.5 Å². The average molecular weight is 333 g/mol. The summed E-state index contributed by atoms with van der Waals surface area (Å²) >= 11 is 2.59. The number of nitrogens with zero attached hydrogens (tertiary/aromatic N) is 4. The highest BCUT2D eigenvalue weighted by Crippen LogP contribution is 2.31. The number of fused-ring (bicyclic) bond motifs is 1.